The predicted octanol–water partition coefficient (Wildman–Crippen LogP) is 4.20. The Kier molecular flexibility index (Phi) is 8.38. The Morgan fingerprint density at radius 2 is 1.53 bits per heavy atom. The normalized spacial score (nSPS) is 11.2. The summed E-state index contributed by atoms with van der Waals surface area (Å²) in [5, 5.41) is 2.86. The first-order chi connectivity index (χ1) is 16.3. The summed E-state index contributed by atoms with van der Waals surface area (Å²) in [6.07, 6.45) is 0. The molecule has 34 heavy (non-hydrogen) atoms. The number of methoxy groups -OCH3 is 3. The molecule has 180 valence electrons. The van der Waals surface area contributed by atoms with E-state index in [4.69, 9.17) is 25.8 Å². The van der Waals surface area contributed by atoms with Crippen LogP contribution in [-0.4, -0.2) is 46.5 Å². The van der Waals surface area contributed by atoms with Gasteiger partial charge in [-0.2, -0.15) is 4.31 Å². The van der Waals surface area contributed by atoms with Gasteiger partial charge in [-0.25, -0.2) is 8.42 Å². The van der Waals surface area contributed by atoms with Crippen molar-refractivity contribution in [3.63, 3.8) is 0 Å². The molecule has 0 fully saturated rings. The number of hydrogen-bond donors (Lipinski definition) is 1. The van der Waals surface area contributed by atoms with E-state index in [0.29, 0.717) is 22.9 Å². The van der Waals surface area contributed by atoms with Crippen molar-refractivity contribution in [1.29, 1.82) is 0 Å². The minimum atomic E-state index is -4.07. The standard InChI is InChI=1S/C24H25ClN2O6S/c1-31-21-12-10-19(14-20(21)25)34(29,30)27(15-17-7-5-4-6-8-17)16-24(28)26-18-9-11-22(32-2)23(13-18)33-3/h4-14H,15-16H2,1-3H3,(H,26,28). The van der Waals surface area contributed by atoms with Crippen LogP contribution >= 0.6 is 11.6 Å². The van der Waals surface area contributed by atoms with E-state index in [1.165, 1.54) is 39.5 Å². The second kappa shape index (κ2) is 11.2. The fourth-order valence-electron chi connectivity index (χ4n) is 3.24. The first kappa shape index (κ1) is 25.4. The average Bonchev–Trinajstić information content (AvgIpc) is 2.84. The minimum Gasteiger partial charge on any atom is -0.495 e. The van der Waals surface area contributed by atoms with Gasteiger partial charge in [-0.3, -0.25) is 4.79 Å². The van der Waals surface area contributed by atoms with E-state index in [0.717, 1.165) is 9.87 Å². The van der Waals surface area contributed by atoms with Crippen molar-refractivity contribution in [2.45, 2.75) is 11.4 Å². The highest BCUT2D eigenvalue weighted by Gasteiger charge is 2.28. The summed E-state index contributed by atoms with van der Waals surface area (Å²) < 4.78 is 43.6. The number of halogens is 1. The summed E-state index contributed by atoms with van der Waals surface area (Å²) >= 11 is 6.16. The number of anilines is 1. The zero-order valence-electron chi connectivity index (χ0n) is 18.9. The van der Waals surface area contributed by atoms with Crippen molar-refractivity contribution in [2.75, 3.05) is 33.2 Å². The number of carbonyl (C=O) groups is 1. The summed E-state index contributed by atoms with van der Waals surface area (Å²) in [6.45, 7) is -0.429. The lowest BCUT2D eigenvalue weighted by Gasteiger charge is -2.22. The molecule has 0 aliphatic carbocycles. The van der Waals surface area contributed by atoms with Crippen LogP contribution in [0.15, 0.2) is 71.6 Å². The zero-order valence-corrected chi connectivity index (χ0v) is 20.5. The smallest absolute Gasteiger partial charge is 0.243 e. The Balaban J connectivity index is 1.88. The number of nitrogens with one attached hydrogen (secondary N) is 1. The first-order valence-corrected chi connectivity index (χ1v) is 12.0. The predicted molar refractivity (Wildman–Crippen MR) is 130 cm³/mol. The third-order valence-electron chi connectivity index (χ3n) is 4.95. The molecule has 0 aliphatic heterocycles. The Bertz CT molecular complexity index is 1250. The number of hydrogen-bond acceptors (Lipinski definition) is 6. The van der Waals surface area contributed by atoms with Gasteiger partial charge in [-0.1, -0.05) is 41.9 Å². The first-order valence-electron chi connectivity index (χ1n) is 10.2. The van der Waals surface area contributed by atoms with Gasteiger partial charge < -0.3 is 19.5 Å². The molecule has 1 N–H and O–H groups in total. The highest BCUT2D eigenvalue weighted by Crippen LogP contribution is 2.31. The van der Waals surface area contributed by atoms with Crippen molar-refractivity contribution in [3.05, 3.63) is 77.3 Å². The molecule has 3 aromatic carbocycles. The van der Waals surface area contributed by atoms with Crippen LogP contribution in [0.3, 0.4) is 0 Å². The number of carbonyl (C=O) groups excluding carboxylic acids is 1. The van der Waals surface area contributed by atoms with Crippen LogP contribution < -0.4 is 19.5 Å². The van der Waals surface area contributed by atoms with Gasteiger partial charge in [-0.05, 0) is 35.9 Å². The van der Waals surface area contributed by atoms with Crippen molar-refractivity contribution in [1.82, 2.24) is 4.31 Å². The Hall–Kier alpha value is -3.27. The third-order valence-corrected chi connectivity index (χ3v) is 7.03. The number of nitrogens with zero attached hydrogens (tertiary/aromatic N) is 1. The monoisotopic (exact) mass is 504 g/mol. The maximum atomic E-state index is 13.5. The molecule has 0 unspecified atom stereocenters. The maximum absolute atomic E-state index is 13.5. The average molecular weight is 505 g/mol. The molecule has 3 rings (SSSR count). The molecular weight excluding hydrogens is 480 g/mol. The molecule has 0 bridgehead atoms. The number of amides is 1. The Morgan fingerprint density at radius 1 is 0.882 bits per heavy atom. The molecule has 0 atom stereocenters. The molecule has 0 aromatic heterocycles. The second-order valence-electron chi connectivity index (χ2n) is 7.17. The SMILES string of the molecule is COc1ccc(S(=O)(=O)N(CC(=O)Nc2ccc(OC)c(OC)c2)Cc2ccccc2)cc1Cl. The van der Waals surface area contributed by atoms with Crippen LogP contribution in [0.1, 0.15) is 5.56 Å². The fraction of sp³-hybridized carbons (Fsp3) is 0.208. The van der Waals surface area contributed by atoms with Crippen LogP contribution in [0.25, 0.3) is 0 Å². The number of rotatable bonds is 10. The molecule has 1 amide bonds. The molecule has 8 nitrogen and oxygen atoms in total. The summed E-state index contributed by atoms with van der Waals surface area (Å²) in [6, 6.07) is 18.0. The van der Waals surface area contributed by atoms with Crippen molar-refractivity contribution in [2.24, 2.45) is 0 Å². The van der Waals surface area contributed by atoms with Gasteiger partial charge in [0.2, 0.25) is 15.9 Å². The van der Waals surface area contributed by atoms with Crippen LogP contribution in [-0.2, 0) is 21.4 Å². The van der Waals surface area contributed by atoms with E-state index in [1.807, 2.05) is 6.07 Å². The van der Waals surface area contributed by atoms with Crippen molar-refractivity contribution >= 4 is 33.2 Å². The van der Waals surface area contributed by atoms with Crippen LogP contribution in [0, 0.1) is 0 Å². The molecule has 3 aromatic rings. The lowest BCUT2D eigenvalue weighted by atomic mass is 10.2. The highest BCUT2D eigenvalue weighted by molar-refractivity contribution is 7.89. The molecular formula is C24H25ClN2O6S. The highest BCUT2D eigenvalue weighted by atomic mass is 35.5. The molecule has 0 saturated carbocycles. The zero-order chi connectivity index (χ0) is 24.7. The van der Waals surface area contributed by atoms with E-state index >= 15 is 0 Å². The number of ether oxygens (including phenoxy) is 3. The summed E-state index contributed by atoms with van der Waals surface area (Å²) in [7, 11) is 0.362. The molecule has 0 spiro atoms. The van der Waals surface area contributed by atoms with E-state index in [9.17, 15) is 13.2 Å². The largest absolute Gasteiger partial charge is 0.495 e. The number of sulfonamides is 1. The van der Waals surface area contributed by atoms with Gasteiger partial charge in [0.1, 0.15) is 5.75 Å². The summed E-state index contributed by atoms with van der Waals surface area (Å²) in [5.41, 5.74) is 1.16. The van der Waals surface area contributed by atoms with Crippen molar-refractivity contribution in [3.8, 4) is 17.2 Å². The maximum Gasteiger partial charge on any atom is 0.243 e. The van der Waals surface area contributed by atoms with Gasteiger partial charge in [0, 0.05) is 18.3 Å². The molecule has 0 saturated heterocycles. The minimum absolute atomic E-state index is 0.00776. The topological polar surface area (TPSA) is 94.2 Å². The van der Waals surface area contributed by atoms with E-state index in [-0.39, 0.29) is 16.5 Å². The van der Waals surface area contributed by atoms with Crippen LogP contribution in [0.2, 0.25) is 5.02 Å². The quantitative estimate of drug-likeness (QED) is 0.445. The van der Waals surface area contributed by atoms with Crippen molar-refractivity contribution < 1.29 is 27.4 Å². The molecule has 0 radical (unpaired) electrons. The van der Waals surface area contributed by atoms with E-state index < -0.39 is 22.5 Å². The fourth-order valence-corrected chi connectivity index (χ4v) is 4.98. The van der Waals surface area contributed by atoms with Gasteiger partial charge in [0.05, 0.1) is 37.8 Å². The van der Waals surface area contributed by atoms with E-state index in [2.05, 4.69) is 5.32 Å². The summed E-state index contributed by atoms with van der Waals surface area (Å²) in [5.74, 6) is 0.764. The lowest BCUT2D eigenvalue weighted by molar-refractivity contribution is -0.116. The second-order valence-corrected chi connectivity index (χ2v) is 9.52. The number of benzene rings is 3. The van der Waals surface area contributed by atoms with Gasteiger partial charge >= 0.3 is 0 Å². The Morgan fingerprint density at radius 3 is 2.15 bits per heavy atom. The molecule has 0 aliphatic rings. The summed E-state index contributed by atoms with van der Waals surface area (Å²) in [4.78, 5) is 12.8. The molecule has 0 heterocycles. The van der Waals surface area contributed by atoms with Gasteiger partial charge in [0.15, 0.2) is 11.5 Å². The van der Waals surface area contributed by atoms with Gasteiger partial charge in [-0.15, -0.1) is 0 Å². The lowest BCUT2D eigenvalue weighted by Crippen LogP contribution is -2.37. The Labute approximate surface area is 204 Å². The molecule has 10 heteroatoms. The third kappa shape index (κ3) is 5.99. The van der Waals surface area contributed by atoms with Crippen LogP contribution in [0.5, 0.6) is 17.2 Å². The van der Waals surface area contributed by atoms with Gasteiger partial charge in [0.25, 0.3) is 0 Å². The van der Waals surface area contributed by atoms with E-state index in [1.54, 1.807) is 42.5 Å². The van der Waals surface area contributed by atoms with Crippen LogP contribution in [0.4, 0.5) is 5.69 Å².